The molecule has 0 bridgehead atoms. The predicted octanol–water partition coefficient (Wildman–Crippen LogP) is 2.16. The summed E-state index contributed by atoms with van der Waals surface area (Å²) in [6.45, 7) is 1.18. The van der Waals surface area contributed by atoms with Crippen LogP contribution in [0.2, 0.25) is 0 Å². The van der Waals surface area contributed by atoms with E-state index < -0.39 is 27.9 Å². The normalized spacial score (nSPS) is 23.1. The Hall–Kier alpha value is -2.97. The first kappa shape index (κ1) is 25.7. The second-order valence-corrected chi connectivity index (χ2v) is 11.1. The molecule has 3 N–H and O–H groups in total. The molecule has 37 heavy (non-hydrogen) atoms. The lowest BCUT2D eigenvalue weighted by Gasteiger charge is -2.37. The largest absolute Gasteiger partial charge is 0.495 e. The quantitative estimate of drug-likeness (QED) is 0.502. The second-order valence-electron chi connectivity index (χ2n) is 9.21. The van der Waals surface area contributed by atoms with Gasteiger partial charge in [-0.1, -0.05) is 0 Å². The van der Waals surface area contributed by atoms with E-state index in [1.807, 2.05) is 0 Å². The molecule has 1 aromatic rings. The molecule has 202 valence electrons. The van der Waals surface area contributed by atoms with Crippen LogP contribution in [0.3, 0.4) is 0 Å². The van der Waals surface area contributed by atoms with Crippen LogP contribution in [0.15, 0.2) is 51.3 Å². The number of ether oxygens (including phenoxy) is 2. The molecular weight excluding hydrogens is 513 g/mol. The van der Waals surface area contributed by atoms with Gasteiger partial charge < -0.3 is 30.3 Å². The van der Waals surface area contributed by atoms with Crippen molar-refractivity contribution in [2.45, 2.75) is 42.5 Å². The Morgan fingerprint density at radius 3 is 2.57 bits per heavy atom. The van der Waals surface area contributed by atoms with Crippen LogP contribution in [-0.2, 0) is 14.8 Å². The number of morpholine rings is 1. The number of likely N-dealkylation sites (N-methyl/N-ethyl adjacent to an activating group) is 1. The number of fused-ring (bicyclic) bond motifs is 1. The van der Waals surface area contributed by atoms with Crippen LogP contribution in [0.5, 0.6) is 5.75 Å². The first-order valence-electron chi connectivity index (χ1n) is 12.0. The minimum atomic E-state index is -4.53. The molecule has 10 nitrogen and oxygen atoms in total. The van der Waals surface area contributed by atoms with Gasteiger partial charge in [-0.05, 0) is 31.4 Å². The average molecular weight is 543 g/mol. The van der Waals surface area contributed by atoms with Gasteiger partial charge in [0.05, 0.1) is 42.1 Å². The number of nitrogens with zero attached hydrogens (tertiary/aromatic N) is 3. The zero-order valence-electron chi connectivity index (χ0n) is 20.4. The predicted molar refractivity (Wildman–Crippen MR) is 130 cm³/mol. The Balaban J connectivity index is 1.46. The number of halogens is 3. The summed E-state index contributed by atoms with van der Waals surface area (Å²) in [7, 11) is -0.702. The average Bonchev–Trinajstić information content (AvgIpc) is 3.31. The molecule has 1 unspecified atom stereocenters. The molecule has 1 atom stereocenters. The number of rotatable bonds is 6. The second kappa shape index (κ2) is 9.72. The first-order chi connectivity index (χ1) is 17.6. The number of hydrogen-bond donors (Lipinski definition) is 3. The summed E-state index contributed by atoms with van der Waals surface area (Å²) >= 11 is 0. The maximum Gasteiger partial charge on any atom is 0.418 e. The highest BCUT2D eigenvalue weighted by Crippen LogP contribution is 2.40. The Kier molecular flexibility index (Phi) is 6.75. The summed E-state index contributed by atoms with van der Waals surface area (Å²) in [6.07, 6.45) is -1.61. The van der Waals surface area contributed by atoms with Gasteiger partial charge in [-0.2, -0.15) is 22.5 Å². The molecule has 5 rings (SSSR count). The highest BCUT2D eigenvalue weighted by Gasteiger charge is 2.47. The lowest BCUT2D eigenvalue weighted by molar-refractivity contribution is -0.0894. The van der Waals surface area contributed by atoms with Crippen molar-refractivity contribution in [1.82, 2.24) is 19.8 Å². The van der Waals surface area contributed by atoms with E-state index in [0.717, 1.165) is 25.5 Å². The highest BCUT2D eigenvalue weighted by atomic mass is 32.2. The van der Waals surface area contributed by atoms with Gasteiger partial charge in [0.15, 0.2) is 0 Å². The first-order valence-corrected chi connectivity index (χ1v) is 13.4. The Morgan fingerprint density at radius 2 is 1.95 bits per heavy atom. The molecule has 3 heterocycles. The van der Waals surface area contributed by atoms with E-state index >= 15 is 0 Å². The van der Waals surface area contributed by atoms with Crippen molar-refractivity contribution >= 4 is 21.7 Å². The number of anilines is 1. The van der Waals surface area contributed by atoms with Crippen LogP contribution in [0, 0.1) is 0 Å². The van der Waals surface area contributed by atoms with Crippen molar-refractivity contribution < 1.29 is 31.1 Å². The van der Waals surface area contributed by atoms with Gasteiger partial charge in [-0.3, -0.25) is 0 Å². The minimum absolute atomic E-state index is 0.0476. The molecule has 1 aromatic carbocycles. The summed E-state index contributed by atoms with van der Waals surface area (Å²) in [5.74, 6) is 0.693. The van der Waals surface area contributed by atoms with Crippen molar-refractivity contribution in [3.63, 3.8) is 0 Å². The van der Waals surface area contributed by atoms with Gasteiger partial charge in [0, 0.05) is 38.4 Å². The third-order valence-corrected chi connectivity index (χ3v) is 8.82. The molecule has 0 aromatic heterocycles. The van der Waals surface area contributed by atoms with E-state index in [0.29, 0.717) is 18.9 Å². The number of guanidine groups is 1. The summed E-state index contributed by atoms with van der Waals surface area (Å²) in [5, 5.41) is 9.11. The van der Waals surface area contributed by atoms with Crippen molar-refractivity contribution in [3.05, 3.63) is 41.4 Å². The lowest BCUT2D eigenvalue weighted by atomic mass is 9.92. The summed E-state index contributed by atoms with van der Waals surface area (Å²) < 4.78 is 79.5. The molecule has 0 spiro atoms. The third-order valence-electron chi connectivity index (χ3n) is 6.92. The van der Waals surface area contributed by atoms with Gasteiger partial charge in [0.25, 0.3) is 0 Å². The number of alkyl halides is 3. The van der Waals surface area contributed by atoms with Crippen molar-refractivity contribution in [3.8, 4) is 5.75 Å². The molecule has 1 saturated carbocycles. The number of hydrogen-bond acceptors (Lipinski definition) is 9. The minimum Gasteiger partial charge on any atom is -0.495 e. The fourth-order valence-corrected chi connectivity index (χ4v) is 6.02. The van der Waals surface area contributed by atoms with E-state index in [2.05, 4.69) is 20.9 Å². The summed E-state index contributed by atoms with van der Waals surface area (Å²) in [5.41, 5.74) is -0.293. The standard InChI is InChI=1S/C23H29F3N6O4S/c1-31-21-19(16(13-27-21)23(24,25)26)20(28-14-4-3-5-14)30-22(31)29-17-7-6-15(12-18(17)35-2)37(33,34)32-8-10-36-11-9-32/h6-7,12-14,21,27-28H,3-5,8-11H2,1-2H3,(H,29,30). The van der Waals surface area contributed by atoms with E-state index in [4.69, 9.17) is 9.47 Å². The van der Waals surface area contributed by atoms with Crippen molar-refractivity contribution in [1.29, 1.82) is 0 Å². The molecule has 1 aliphatic carbocycles. The fourth-order valence-electron chi connectivity index (χ4n) is 4.60. The van der Waals surface area contributed by atoms with Gasteiger partial charge in [0.2, 0.25) is 16.0 Å². The number of methoxy groups -OCH3 is 1. The van der Waals surface area contributed by atoms with Crippen molar-refractivity contribution in [2.24, 2.45) is 4.99 Å². The number of aliphatic imine (C=N–C) groups is 1. The molecule has 3 aliphatic heterocycles. The van der Waals surface area contributed by atoms with Crippen LogP contribution in [-0.4, -0.2) is 82.4 Å². The topological polar surface area (TPSA) is 108 Å². The zero-order chi connectivity index (χ0) is 26.4. The van der Waals surface area contributed by atoms with Gasteiger partial charge in [0.1, 0.15) is 17.7 Å². The highest BCUT2D eigenvalue weighted by molar-refractivity contribution is 7.89. The van der Waals surface area contributed by atoms with Crippen LogP contribution >= 0.6 is 0 Å². The van der Waals surface area contributed by atoms with Gasteiger partial charge in [-0.15, -0.1) is 0 Å². The van der Waals surface area contributed by atoms with Crippen molar-refractivity contribution in [2.75, 3.05) is 45.8 Å². The van der Waals surface area contributed by atoms with Gasteiger partial charge in [-0.25, -0.2) is 8.42 Å². The maximum absolute atomic E-state index is 13.7. The molecule has 14 heteroatoms. The Morgan fingerprint density at radius 1 is 1.22 bits per heavy atom. The molecule has 2 fully saturated rings. The number of nitrogens with one attached hydrogen (secondary N) is 3. The monoisotopic (exact) mass is 542 g/mol. The van der Waals surface area contributed by atoms with E-state index in [1.54, 1.807) is 18.0 Å². The van der Waals surface area contributed by atoms with Gasteiger partial charge >= 0.3 is 6.18 Å². The summed E-state index contributed by atoms with van der Waals surface area (Å²) in [4.78, 5) is 6.16. The Labute approximate surface area is 213 Å². The molecule has 0 amide bonds. The van der Waals surface area contributed by atoms with E-state index in [1.165, 1.54) is 23.5 Å². The Bertz CT molecular complexity index is 1250. The fraction of sp³-hybridized carbons (Fsp3) is 0.522. The van der Waals surface area contributed by atoms with E-state index in [-0.39, 0.29) is 47.1 Å². The SMILES string of the molecule is COc1cc(S(=O)(=O)N2CCOCC2)ccc1NC1=NC(NC2CCC2)=C2C(C(F)(F)F)=CNC2N1C. The number of benzene rings is 1. The lowest BCUT2D eigenvalue weighted by Crippen LogP contribution is -2.51. The molecule has 1 saturated heterocycles. The van der Waals surface area contributed by atoms with Crippen LogP contribution in [0.4, 0.5) is 18.9 Å². The molecular formula is C23H29F3N6O4S. The maximum atomic E-state index is 13.7. The molecule has 0 radical (unpaired) electrons. The summed E-state index contributed by atoms with van der Waals surface area (Å²) in [6, 6.07) is 4.50. The van der Waals surface area contributed by atoms with Crippen LogP contribution in [0.1, 0.15) is 19.3 Å². The molecule has 4 aliphatic rings. The van der Waals surface area contributed by atoms with Crippen LogP contribution in [0.25, 0.3) is 0 Å². The van der Waals surface area contributed by atoms with Crippen LogP contribution < -0.4 is 20.7 Å². The zero-order valence-corrected chi connectivity index (χ0v) is 21.2. The number of sulfonamides is 1. The van der Waals surface area contributed by atoms with E-state index in [9.17, 15) is 21.6 Å². The smallest absolute Gasteiger partial charge is 0.418 e. The third kappa shape index (κ3) is 4.84.